The molecule has 5 heterocycles. The summed E-state index contributed by atoms with van der Waals surface area (Å²) < 4.78 is 1.27. The molecule has 0 saturated carbocycles. The summed E-state index contributed by atoms with van der Waals surface area (Å²) in [5.41, 5.74) is 5.44. The number of amides is 3. The van der Waals surface area contributed by atoms with Gasteiger partial charge < -0.3 is 36.1 Å². The molecule has 3 fully saturated rings. The molecule has 1 aromatic rings. The number of carboxylic acids is 1. The van der Waals surface area contributed by atoms with Gasteiger partial charge in [0, 0.05) is 41.7 Å². The molecule has 15 nitrogen and oxygen atoms in total. The van der Waals surface area contributed by atoms with E-state index in [4.69, 9.17) is 12.3 Å². The average Bonchev–Trinajstić information content (AvgIpc) is 3.58. The van der Waals surface area contributed by atoms with E-state index in [0.717, 1.165) is 0 Å². The van der Waals surface area contributed by atoms with Crippen LogP contribution < -0.4 is 16.4 Å². The number of likely N-dealkylation sites (tertiary alicyclic amines) is 1. The van der Waals surface area contributed by atoms with Gasteiger partial charge in [0.1, 0.15) is 24.1 Å². The number of nitrogens with two attached hydrogens (primary N) is 1. The van der Waals surface area contributed by atoms with Gasteiger partial charge in [0.25, 0.3) is 0 Å². The predicted molar refractivity (Wildman–Crippen MR) is 136 cm³/mol. The Morgan fingerprint density at radius 3 is 2.79 bits per heavy atom. The number of β-lactam (4-membered cyclic amide) rings is 1. The van der Waals surface area contributed by atoms with Crippen LogP contribution in [0.2, 0.25) is 0 Å². The maximum atomic E-state index is 13.1. The van der Waals surface area contributed by atoms with Crippen LogP contribution in [0.5, 0.6) is 0 Å². The summed E-state index contributed by atoms with van der Waals surface area (Å²) in [7, 11) is 0. The molecule has 16 heteroatoms. The number of aliphatic carboxylic acids is 1. The van der Waals surface area contributed by atoms with Crippen LogP contribution in [0.4, 0.5) is 0 Å². The van der Waals surface area contributed by atoms with Gasteiger partial charge in [-0.1, -0.05) is 6.92 Å². The van der Waals surface area contributed by atoms with Gasteiger partial charge in [-0.05, 0) is 23.8 Å². The lowest BCUT2D eigenvalue weighted by Crippen LogP contribution is -2.71. The third kappa shape index (κ3) is 4.85. The second-order valence-electron chi connectivity index (χ2n) is 10.7. The molecule has 4 aliphatic rings. The zero-order valence-corrected chi connectivity index (χ0v) is 22.3. The van der Waals surface area contributed by atoms with Gasteiger partial charge in [0.15, 0.2) is 0 Å². The van der Waals surface area contributed by atoms with E-state index in [-0.39, 0.29) is 53.7 Å². The summed E-state index contributed by atoms with van der Waals surface area (Å²) >= 11 is 1.40. The number of fused-ring (bicyclic) bond motifs is 1. The van der Waals surface area contributed by atoms with Crippen LogP contribution in [-0.4, -0.2) is 114 Å². The Morgan fingerprint density at radius 2 is 2.15 bits per heavy atom. The molecular formula is C23H30N10O5S. The number of carbonyl (C=O) groups excluding carboxylic acids is 3. The van der Waals surface area contributed by atoms with E-state index < -0.39 is 29.5 Å². The molecule has 0 aliphatic carbocycles. The number of rotatable bonds is 9. The molecule has 4 aliphatic heterocycles. The topological polar surface area (TPSA) is 193 Å². The molecule has 1 aromatic heterocycles. The molecule has 3 amide bonds. The molecule has 0 bridgehead atoms. The van der Waals surface area contributed by atoms with Crippen molar-refractivity contribution >= 4 is 35.5 Å². The van der Waals surface area contributed by atoms with Crippen molar-refractivity contribution in [2.24, 2.45) is 17.6 Å². The maximum Gasteiger partial charge on any atom is 0.353 e. The van der Waals surface area contributed by atoms with Crippen LogP contribution in [0, 0.1) is 18.4 Å². The zero-order chi connectivity index (χ0) is 28.1. The lowest BCUT2D eigenvalue weighted by molar-refractivity contribution is -0.158. The molecule has 0 radical (unpaired) electrons. The molecule has 6 atom stereocenters. The Bertz CT molecular complexity index is 1260. The van der Waals surface area contributed by atoms with Crippen molar-refractivity contribution in [2.45, 2.75) is 55.7 Å². The molecule has 39 heavy (non-hydrogen) atoms. The lowest BCUT2D eigenvalue weighted by atomic mass is 9.78. The number of nitrogens with zero attached hydrogens (tertiary/aromatic N) is 7. The molecular weight excluding hydrogens is 528 g/mol. The number of tetrazole rings is 1. The SMILES string of the molecule is [C-]#[N+]CC1(N)CN(C(=O)[C@@H]2C[C@H](SC3=C(C(=O)O)N4C(=O)[C@H]([C@@H](C)NC(=O)Cn5cnnn5)[C@H]4[C@H]3C)CN2)C1. The fourth-order valence-corrected chi connectivity index (χ4v) is 7.47. The van der Waals surface area contributed by atoms with Crippen LogP contribution in [-0.2, 0) is 25.7 Å². The van der Waals surface area contributed by atoms with Crippen molar-refractivity contribution in [2.75, 3.05) is 26.2 Å². The Labute approximate surface area is 228 Å². The Balaban J connectivity index is 1.21. The Morgan fingerprint density at radius 1 is 1.41 bits per heavy atom. The Kier molecular flexibility index (Phi) is 7.08. The fourth-order valence-electron chi connectivity index (χ4n) is 5.99. The first kappa shape index (κ1) is 27.0. The van der Waals surface area contributed by atoms with Gasteiger partial charge in [-0.15, -0.1) is 16.9 Å². The minimum absolute atomic E-state index is 0.0180. The van der Waals surface area contributed by atoms with Crippen molar-refractivity contribution in [3.8, 4) is 0 Å². The van der Waals surface area contributed by atoms with E-state index >= 15 is 0 Å². The molecule has 5 N–H and O–H groups in total. The quantitative estimate of drug-likeness (QED) is 0.191. The highest BCUT2D eigenvalue weighted by Crippen LogP contribution is 2.51. The first-order valence-electron chi connectivity index (χ1n) is 12.6. The van der Waals surface area contributed by atoms with Crippen molar-refractivity contribution in [1.82, 2.24) is 40.6 Å². The number of hydrogen-bond acceptors (Lipinski definition) is 10. The molecule has 0 aromatic carbocycles. The van der Waals surface area contributed by atoms with E-state index in [9.17, 15) is 24.3 Å². The highest BCUT2D eigenvalue weighted by molar-refractivity contribution is 8.03. The monoisotopic (exact) mass is 558 g/mol. The minimum atomic E-state index is -1.17. The lowest BCUT2D eigenvalue weighted by Gasteiger charge is -2.47. The maximum absolute atomic E-state index is 13.1. The van der Waals surface area contributed by atoms with E-state index in [0.29, 0.717) is 31.0 Å². The second kappa shape index (κ2) is 10.2. The number of carboxylic acid groups (broad SMARTS) is 1. The van der Waals surface area contributed by atoms with E-state index in [2.05, 4.69) is 31.0 Å². The van der Waals surface area contributed by atoms with Gasteiger partial charge in [-0.25, -0.2) is 16.0 Å². The van der Waals surface area contributed by atoms with Crippen molar-refractivity contribution in [3.05, 3.63) is 28.3 Å². The highest BCUT2D eigenvalue weighted by atomic mass is 32.2. The van der Waals surface area contributed by atoms with Crippen molar-refractivity contribution in [1.29, 1.82) is 0 Å². The normalized spacial score (nSPS) is 29.8. The number of nitrogens with one attached hydrogen (secondary N) is 2. The number of thioether (sulfide) groups is 1. The Hall–Kier alpha value is -3.55. The van der Waals surface area contributed by atoms with Crippen molar-refractivity contribution in [3.63, 3.8) is 0 Å². The number of carbonyl (C=O) groups is 4. The zero-order valence-electron chi connectivity index (χ0n) is 21.5. The summed E-state index contributed by atoms with van der Waals surface area (Å²) in [6.07, 6.45) is 1.82. The van der Waals surface area contributed by atoms with Gasteiger partial charge >= 0.3 is 5.97 Å². The van der Waals surface area contributed by atoms with Crippen LogP contribution in [0.15, 0.2) is 16.9 Å². The third-order valence-electron chi connectivity index (χ3n) is 7.82. The summed E-state index contributed by atoms with van der Waals surface area (Å²) in [4.78, 5) is 57.7. The molecule has 0 spiro atoms. The van der Waals surface area contributed by atoms with Gasteiger partial charge in [0.05, 0.1) is 18.0 Å². The van der Waals surface area contributed by atoms with Crippen LogP contribution in [0.25, 0.3) is 4.85 Å². The summed E-state index contributed by atoms with van der Waals surface area (Å²) in [6.45, 7) is 11.9. The van der Waals surface area contributed by atoms with E-state index in [1.165, 1.54) is 27.7 Å². The van der Waals surface area contributed by atoms with Crippen LogP contribution in [0.3, 0.4) is 0 Å². The average molecular weight is 559 g/mol. The molecule has 3 saturated heterocycles. The van der Waals surface area contributed by atoms with E-state index in [1.807, 2.05) is 6.92 Å². The fraction of sp³-hybridized carbons (Fsp3) is 0.652. The van der Waals surface area contributed by atoms with E-state index in [1.54, 1.807) is 11.8 Å². The standard InChI is InChI=1S/C23H30N10O5S/c1-11-17-16(12(2)28-15(34)6-32-10-27-29-30-32)21(36)33(17)18(22(37)38)19(11)39-13-4-14(26-5-13)20(35)31-8-23(24,9-31)7-25-3/h10-14,16-17,26H,4-9,24H2,1-2H3,(H,28,34)(H,37,38)/t11-,12-,13+,14+,16-,17-/m1/s1. The summed E-state index contributed by atoms with van der Waals surface area (Å²) in [5, 5.41) is 26.6. The van der Waals surface area contributed by atoms with Crippen LogP contribution >= 0.6 is 11.8 Å². The predicted octanol–water partition coefficient (Wildman–Crippen LogP) is -2.13. The largest absolute Gasteiger partial charge is 0.477 e. The second-order valence-corrected chi connectivity index (χ2v) is 12.0. The first-order chi connectivity index (χ1) is 18.5. The van der Waals surface area contributed by atoms with Gasteiger partial charge in [-0.3, -0.25) is 14.4 Å². The highest BCUT2D eigenvalue weighted by Gasteiger charge is 2.60. The first-order valence-corrected chi connectivity index (χ1v) is 13.5. The third-order valence-corrected chi connectivity index (χ3v) is 9.33. The molecule has 5 rings (SSSR count). The smallest absolute Gasteiger partial charge is 0.353 e. The van der Waals surface area contributed by atoms with Gasteiger partial charge in [-0.2, -0.15) is 0 Å². The summed E-state index contributed by atoms with van der Waals surface area (Å²) in [6, 6.07) is -1.32. The number of aromatic nitrogens is 4. The molecule has 208 valence electrons. The summed E-state index contributed by atoms with van der Waals surface area (Å²) in [5.74, 6) is -2.76. The van der Waals surface area contributed by atoms with Crippen molar-refractivity contribution < 1.29 is 24.3 Å². The van der Waals surface area contributed by atoms with Gasteiger partial charge in [0.2, 0.25) is 24.3 Å². The number of hydrogen-bond donors (Lipinski definition) is 4. The minimum Gasteiger partial charge on any atom is -0.477 e. The molecule has 0 unspecified atom stereocenters. The van der Waals surface area contributed by atoms with Crippen LogP contribution in [0.1, 0.15) is 20.3 Å².